The van der Waals surface area contributed by atoms with E-state index in [9.17, 15) is 14.9 Å². The van der Waals surface area contributed by atoms with E-state index in [1.54, 1.807) is 20.3 Å². The standard InChI is InChI=1S/C18H20ClN3O5/c1-21(10-12-4-7-16(26-2)17(8-12)27-3)11-18(23)20-14-9-13(19)5-6-15(14)22(24)25/h4-9H,10-11H2,1-3H3,(H,20,23)/p+1. The minimum Gasteiger partial charge on any atom is -0.493 e. The van der Waals surface area contributed by atoms with E-state index in [1.807, 2.05) is 19.2 Å². The Hall–Kier alpha value is -2.84. The number of halogens is 1. The molecule has 9 heteroatoms. The second-order valence-electron chi connectivity index (χ2n) is 5.97. The molecule has 2 N–H and O–H groups in total. The molecule has 0 fully saturated rings. The van der Waals surface area contributed by atoms with E-state index in [4.69, 9.17) is 21.1 Å². The smallest absolute Gasteiger partial charge is 0.292 e. The summed E-state index contributed by atoms with van der Waals surface area (Å²) >= 11 is 5.87. The van der Waals surface area contributed by atoms with Crippen LogP contribution >= 0.6 is 11.6 Å². The van der Waals surface area contributed by atoms with Gasteiger partial charge in [-0.3, -0.25) is 14.9 Å². The fourth-order valence-corrected chi connectivity index (χ4v) is 2.81. The third-order valence-corrected chi connectivity index (χ3v) is 4.08. The lowest BCUT2D eigenvalue weighted by molar-refractivity contribution is -0.885. The van der Waals surface area contributed by atoms with Gasteiger partial charge < -0.3 is 19.7 Å². The molecule has 1 amide bonds. The number of nitro benzene ring substituents is 1. The summed E-state index contributed by atoms with van der Waals surface area (Å²) in [5.74, 6) is 0.894. The Morgan fingerprint density at radius 1 is 1.19 bits per heavy atom. The summed E-state index contributed by atoms with van der Waals surface area (Å²) in [5.41, 5.74) is 0.841. The third-order valence-electron chi connectivity index (χ3n) is 3.85. The van der Waals surface area contributed by atoms with Crippen LogP contribution in [0.1, 0.15) is 5.56 Å². The maximum absolute atomic E-state index is 12.3. The van der Waals surface area contributed by atoms with Crippen molar-refractivity contribution in [2.24, 2.45) is 0 Å². The van der Waals surface area contributed by atoms with Gasteiger partial charge in [-0.2, -0.15) is 0 Å². The molecule has 1 unspecified atom stereocenters. The normalized spacial score (nSPS) is 11.6. The van der Waals surface area contributed by atoms with Crippen molar-refractivity contribution in [1.29, 1.82) is 0 Å². The highest BCUT2D eigenvalue weighted by molar-refractivity contribution is 6.31. The predicted octanol–water partition coefficient (Wildman–Crippen LogP) is 1.92. The molecule has 0 aliphatic carbocycles. The average molecular weight is 395 g/mol. The maximum atomic E-state index is 12.3. The number of anilines is 1. The van der Waals surface area contributed by atoms with Crippen molar-refractivity contribution in [3.63, 3.8) is 0 Å². The first-order chi connectivity index (χ1) is 12.8. The Balaban J connectivity index is 2.02. The van der Waals surface area contributed by atoms with E-state index in [0.717, 1.165) is 10.5 Å². The van der Waals surface area contributed by atoms with Gasteiger partial charge in [-0.05, 0) is 30.3 Å². The molecule has 0 heterocycles. The van der Waals surface area contributed by atoms with Crippen molar-refractivity contribution in [1.82, 2.24) is 0 Å². The van der Waals surface area contributed by atoms with Gasteiger partial charge in [0, 0.05) is 16.7 Å². The molecule has 2 aromatic rings. The Labute approximate surface area is 161 Å². The number of benzene rings is 2. The number of methoxy groups -OCH3 is 2. The summed E-state index contributed by atoms with van der Waals surface area (Å²) in [5, 5.41) is 13.9. The minimum atomic E-state index is -0.563. The molecule has 0 saturated heterocycles. The Bertz CT molecular complexity index is 844. The van der Waals surface area contributed by atoms with Crippen LogP contribution in [0.5, 0.6) is 11.5 Å². The van der Waals surface area contributed by atoms with E-state index in [0.29, 0.717) is 23.1 Å². The van der Waals surface area contributed by atoms with Crippen LogP contribution in [-0.4, -0.2) is 38.6 Å². The van der Waals surface area contributed by atoms with Crippen molar-refractivity contribution < 1.29 is 24.1 Å². The van der Waals surface area contributed by atoms with Crippen LogP contribution in [0, 0.1) is 10.1 Å². The second kappa shape index (κ2) is 9.20. The Kier molecular flexibility index (Phi) is 6.98. The lowest BCUT2D eigenvalue weighted by Crippen LogP contribution is -3.08. The second-order valence-corrected chi connectivity index (χ2v) is 6.40. The molecule has 0 aliphatic heterocycles. The first-order valence-electron chi connectivity index (χ1n) is 8.10. The van der Waals surface area contributed by atoms with Crippen LogP contribution in [0.15, 0.2) is 36.4 Å². The number of nitrogens with one attached hydrogen (secondary N) is 2. The number of hydrogen-bond donors (Lipinski definition) is 2. The highest BCUT2D eigenvalue weighted by Gasteiger charge is 2.18. The molecule has 0 spiro atoms. The van der Waals surface area contributed by atoms with Crippen molar-refractivity contribution in [3.05, 3.63) is 57.1 Å². The number of nitrogens with zero attached hydrogens (tertiary/aromatic N) is 1. The maximum Gasteiger partial charge on any atom is 0.292 e. The number of amides is 1. The Morgan fingerprint density at radius 2 is 1.89 bits per heavy atom. The zero-order valence-corrected chi connectivity index (χ0v) is 16.0. The summed E-state index contributed by atoms with van der Waals surface area (Å²) < 4.78 is 10.5. The zero-order chi connectivity index (χ0) is 20.0. The number of carbonyl (C=O) groups is 1. The quantitative estimate of drug-likeness (QED) is 0.527. The number of nitro groups is 1. The largest absolute Gasteiger partial charge is 0.493 e. The fraction of sp³-hybridized carbons (Fsp3) is 0.278. The number of carbonyl (C=O) groups excluding carboxylic acids is 1. The SMILES string of the molecule is COc1ccc(C[NH+](C)CC(=O)Nc2cc(Cl)ccc2[N+](=O)[O-])cc1OC. The molecule has 0 saturated carbocycles. The van der Waals surface area contributed by atoms with E-state index in [-0.39, 0.29) is 23.8 Å². The van der Waals surface area contributed by atoms with Crippen molar-refractivity contribution in [2.75, 3.05) is 33.1 Å². The van der Waals surface area contributed by atoms with Gasteiger partial charge in [-0.25, -0.2) is 0 Å². The molecule has 0 aromatic heterocycles. The van der Waals surface area contributed by atoms with Crippen LogP contribution in [0.2, 0.25) is 5.02 Å². The van der Waals surface area contributed by atoms with Crippen LogP contribution in [0.3, 0.4) is 0 Å². The number of quaternary nitrogens is 1. The summed E-state index contributed by atoms with van der Waals surface area (Å²) in [6.45, 7) is 0.684. The molecule has 144 valence electrons. The van der Waals surface area contributed by atoms with E-state index in [2.05, 4.69) is 5.32 Å². The highest BCUT2D eigenvalue weighted by atomic mass is 35.5. The van der Waals surface area contributed by atoms with E-state index >= 15 is 0 Å². The summed E-state index contributed by atoms with van der Waals surface area (Å²) in [6.07, 6.45) is 0. The Morgan fingerprint density at radius 3 is 2.52 bits per heavy atom. The van der Waals surface area contributed by atoms with Gasteiger partial charge in [0.2, 0.25) is 0 Å². The van der Waals surface area contributed by atoms with E-state index < -0.39 is 4.92 Å². The molecule has 0 bridgehead atoms. The van der Waals surface area contributed by atoms with Gasteiger partial charge in [0.05, 0.1) is 26.2 Å². The predicted molar refractivity (Wildman–Crippen MR) is 102 cm³/mol. The molecule has 27 heavy (non-hydrogen) atoms. The first kappa shape index (κ1) is 20.5. The van der Waals surface area contributed by atoms with Crippen LogP contribution in [0.4, 0.5) is 11.4 Å². The van der Waals surface area contributed by atoms with Gasteiger partial charge in [0.15, 0.2) is 18.0 Å². The summed E-state index contributed by atoms with van der Waals surface area (Å²) in [7, 11) is 4.97. The van der Waals surface area contributed by atoms with Crippen LogP contribution in [-0.2, 0) is 11.3 Å². The lowest BCUT2D eigenvalue weighted by Gasteiger charge is -2.15. The highest BCUT2D eigenvalue weighted by Crippen LogP contribution is 2.28. The molecule has 0 aliphatic rings. The number of hydrogen-bond acceptors (Lipinski definition) is 5. The molecule has 0 radical (unpaired) electrons. The molecule has 2 aromatic carbocycles. The molecule has 8 nitrogen and oxygen atoms in total. The van der Waals surface area contributed by atoms with Crippen LogP contribution in [0.25, 0.3) is 0 Å². The summed E-state index contributed by atoms with van der Waals surface area (Å²) in [4.78, 5) is 23.7. The molecule has 2 rings (SSSR count). The zero-order valence-electron chi connectivity index (χ0n) is 15.2. The topological polar surface area (TPSA) is 95.1 Å². The monoisotopic (exact) mass is 394 g/mol. The summed E-state index contributed by atoms with van der Waals surface area (Å²) in [6, 6.07) is 9.58. The van der Waals surface area contributed by atoms with Gasteiger partial charge >= 0.3 is 0 Å². The molecule has 1 atom stereocenters. The van der Waals surface area contributed by atoms with Gasteiger partial charge in [-0.1, -0.05) is 11.6 Å². The van der Waals surface area contributed by atoms with Gasteiger partial charge in [0.25, 0.3) is 11.6 Å². The number of ether oxygens (including phenoxy) is 2. The van der Waals surface area contributed by atoms with Gasteiger partial charge in [0.1, 0.15) is 12.2 Å². The van der Waals surface area contributed by atoms with Crippen molar-refractivity contribution >= 4 is 28.9 Å². The van der Waals surface area contributed by atoms with Gasteiger partial charge in [-0.15, -0.1) is 0 Å². The number of likely N-dealkylation sites (N-methyl/N-ethyl adjacent to an activating group) is 1. The van der Waals surface area contributed by atoms with Crippen LogP contribution < -0.4 is 19.7 Å². The lowest BCUT2D eigenvalue weighted by atomic mass is 10.2. The van der Waals surface area contributed by atoms with E-state index in [1.165, 1.54) is 18.2 Å². The van der Waals surface area contributed by atoms with Crippen molar-refractivity contribution in [3.8, 4) is 11.5 Å². The number of rotatable bonds is 8. The average Bonchev–Trinajstić information content (AvgIpc) is 2.61. The fourth-order valence-electron chi connectivity index (χ4n) is 2.64. The first-order valence-corrected chi connectivity index (χ1v) is 8.47. The molecular formula is C18H21ClN3O5+. The third kappa shape index (κ3) is 5.57. The minimum absolute atomic E-state index is 0.0800. The molecular weight excluding hydrogens is 374 g/mol. The van der Waals surface area contributed by atoms with Crippen molar-refractivity contribution in [2.45, 2.75) is 6.54 Å².